The summed E-state index contributed by atoms with van der Waals surface area (Å²) in [5.74, 6) is 1.88. The van der Waals surface area contributed by atoms with Crippen LogP contribution in [0.15, 0.2) is 66.4 Å². The highest BCUT2D eigenvalue weighted by atomic mass is 16.5. The van der Waals surface area contributed by atoms with Gasteiger partial charge in [0.2, 0.25) is 5.78 Å². The van der Waals surface area contributed by atoms with Crippen LogP contribution in [0.5, 0.6) is 11.5 Å². The topological polar surface area (TPSA) is 38.8 Å². The Morgan fingerprint density at radius 1 is 0.941 bits per heavy atom. The fourth-order valence-corrected chi connectivity index (χ4v) is 5.48. The van der Waals surface area contributed by atoms with Crippen LogP contribution in [0.1, 0.15) is 59.2 Å². The second-order valence-electron chi connectivity index (χ2n) is 9.61. The van der Waals surface area contributed by atoms with Gasteiger partial charge in [0, 0.05) is 12.6 Å². The van der Waals surface area contributed by atoms with Gasteiger partial charge in [0.1, 0.15) is 18.2 Å². The van der Waals surface area contributed by atoms with E-state index in [1.165, 1.54) is 37.7 Å². The third-order valence-corrected chi connectivity index (χ3v) is 7.36. The maximum absolute atomic E-state index is 13.3. The number of carbonyl (C=O) groups excluding carboxylic acids is 1. The van der Waals surface area contributed by atoms with Gasteiger partial charge in [0.15, 0.2) is 5.76 Å². The van der Waals surface area contributed by atoms with Crippen molar-refractivity contribution in [2.45, 2.75) is 51.6 Å². The zero-order valence-electron chi connectivity index (χ0n) is 19.5. The van der Waals surface area contributed by atoms with Crippen LogP contribution in [-0.2, 0) is 6.54 Å². The lowest BCUT2D eigenvalue weighted by Crippen LogP contribution is -2.41. The van der Waals surface area contributed by atoms with Crippen molar-refractivity contribution in [2.75, 3.05) is 6.73 Å². The molecule has 3 aliphatic rings. The van der Waals surface area contributed by atoms with Gasteiger partial charge in [-0.3, -0.25) is 9.69 Å². The van der Waals surface area contributed by atoms with Crippen molar-refractivity contribution in [3.63, 3.8) is 0 Å². The molecule has 0 aromatic heterocycles. The second kappa shape index (κ2) is 8.77. The predicted molar refractivity (Wildman–Crippen MR) is 134 cm³/mol. The summed E-state index contributed by atoms with van der Waals surface area (Å²) in [6.45, 7) is 3.35. The van der Waals surface area contributed by atoms with Gasteiger partial charge in [-0.1, -0.05) is 73.9 Å². The zero-order chi connectivity index (χ0) is 23.1. The number of fused-ring (bicyclic) bond motifs is 3. The first kappa shape index (κ1) is 21.2. The number of rotatable bonds is 3. The number of ether oxygens (including phenoxy) is 2. The molecule has 2 heterocycles. The molecular formula is C30H29NO3. The van der Waals surface area contributed by atoms with Gasteiger partial charge in [-0.05, 0) is 54.2 Å². The van der Waals surface area contributed by atoms with E-state index < -0.39 is 0 Å². The van der Waals surface area contributed by atoms with E-state index in [-0.39, 0.29) is 5.78 Å². The molecule has 0 bridgehead atoms. The summed E-state index contributed by atoms with van der Waals surface area (Å²) >= 11 is 0. The van der Waals surface area contributed by atoms with Crippen LogP contribution < -0.4 is 9.47 Å². The summed E-state index contributed by atoms with van der Waals surface area (Å²) in [7, 11) is 0. The van der Waals surface area contributed by atoms with E-state index in [0.29, 0.717) is 29.8 Å². The fraction of sp³-hybridized carbons (Fsp3) is 0.300. The van der Waals surface area contributed by atoms with Crippen molar-refractivity contribution in [2.24, 2.45) is 0 Å². The zero-order valence-corrected chi connectivity index (χ0v) is 19.5. The van der Waals surface area contributed by atoms with Crippen molar-refractivity contribution in [3.8, 4) is 22.6 Å². The van der Waals surface area contributed by atoms with Gasteiger partial charge < -0.3 is 9.47 Å². The van der Waals surface area contributed by atoms with Crippen LogP contribution in [0.25, 0.3) is 17.2 Å². The van der Waals surface area contributed by atoms with E-state index in [1.807, 2.05) is 49.4 Å². The standard InChI is InChI=1S/C30H29NO3/c1-20-16-26-25(18-31(19-33-26)24-10-6-3-7-11-24)30-28(20)29(32)27(34-30)17-21-12-14-23(15-13-21)22-8-4-2-5-9-22/h2,4-5,8-9,12-17,24H,3,6-7,10-11,18-19H2,1H3/b27-17-. The first-order valence-corrected chi connectivity index (χ1v) is 12.3. The molecule has 3 aromatic carbocycles. The largest absolute Gasteiger partial charge is 0.478 e. The molecule has 4 nitrogen and oxygen atoms in total. The van der Waals surface area contributed by atoms with Gasteiger partial charge in [-0.15, -0.1) is 0 Å². The lowest BCUT2D eigenvalue weighted by molar-refractivity contribution is 0.0393. The second-order valence-corrected chi connectivity index (χ2v) is 9.61. The summed E-state index contributed by atoms with van der Waals surface area (Å²) < 4.78 is 12.4. The van der Waals surface area contributed by atoms with E-state index in [0.717, 1.165) is 34.5 Å². The van der Waals surface area contributed by atoms with E-state index in [1.54, 1.807) is 0 Å². The fourth-order valence-electron chi connectivity index (χ4n) is 5.48. The highest BCUT2D eigenvalue weighted by Crippen LogP contribution is 2.44. The number of hydrogen-bond acceptors (Lipinski definition) is 4. The Kier molecular flexibility index (Phi) is 5.46. The molecule has 1 aliphatic carbocycles. The molecule has 6 rings (SSSR count). The van der Waals surface area contributed by atoms with Crippen molar-refractivity contribution < 1.29 is 14.3 Å². The molecule has 0 N–H and O–H groups in total. The van der Waals surface area contributed by atoms with Gasteiger partial charge >= 0.3 is 0 Å². The first-order valence-electron chi connectivity index (χ1n) is 12.3. The van der Waals surface area contributed by atoms with E-state index in [9.17, 15) is 4.79 Å². The van der Waals surface area contributed by atoms with Crippen LogP contribution >= 0.6 is 0 Å². The molecule has 4 heteroatoms. The molecule has 0 unspecified atom stereocenters. The maximum Gasteiger partial charge on any atom is 0.232 e. The molecular weight excluding hydrogens is 422 g/mol. The van der Waals surface area contributed by atoms with Crippen LogP contribution in [-0.4, -0.2) is 23.5 Å². The Hall–Kier alpha value is -3.37. The molecule has 172 valence electrons. The number of aryl methyl sites for hydroxylation is 1. The molecule has 0 spiro atoms. The van der Waals surface area contributed by atoms with Crippen molar-refractivity contribution in [1.82, 2.24) is 4.90 Å². The Balaban J connectivity index is 1.28. The van der Waals surface area contributed by atoms with E-state index >= 15 is 0 Å². The molecule has 0 radical (unpaired) electrons. The minimum atomic E-state index is -0.0442. The average molecular weight is 452 g/mol. The number of hydrogen-bond donors (Lipinski definition) is 0. The van der Waals surface area contributed by atoms with E-state index in [4.69, 9.17) is 9.47 Å². The number of benzene rings is 3. The molecule has 0 saturated heterocycles. The number of nitrogens with zero attached hydrogens (tertiary/aromatic N) is 1. The molecule has 1 saturated carbocycles. The number of Topliss-reactive ketones (excluding diaryl/α,β-unsaturated/α-hetero) is 1. The first-order chi connectivity index (χ1) is 16.7. The summed E-state index contributed by atoms with van der Waals surface area (Å²) in [5.41, 5.74) is 5.87. The predicted octanol–water partition coefficient (Wildman–Crippen LogP) is 6.76. The molecule has 2 aliphatic heterocycles. The van der Waals surface area contributed by atoms with E-state index in [2.05, 4.69) is 29.2 Å². The highest BCUT2D eigenvalue weighted by molar-refractivity contribution is 6.15. The third-order valence-electron chi connectivity index (χ3n) is 7.36. The van der Waals surface area contributed by atoms with Gasteiger partial charge in [0.05, 0.1) is 11.1 Å². The van der Waals surface area contributed by atoms with Gasteiger partial charge in [-0.2, -0.15) is 0 Å². The summed E-state index contributed by atoms with van der Waals surface area (Å²) in [4.78, 5) is 15.7. The number of ketones is 1. The van der Waals surface area contributed by atoms with Gasteiger partial charge in [0.25, 0.3) is 0 Å². The Morgan fingerprint density at radius 3 is 2.44 bits per heavy atom. The van der Waals surface area contributed by atoms with Crippen molar-refractivity contribution in [1.29, 1.82) is 0 Å². The summed E-state index contributed by atoms with van der Waals surface area (Å²) in [6.07, 6.45) is 8.18. The monoisotopic (exact) mass is 451 g/mol. The summed E-state index contributed by atoms with van der Waals surface area (Å²) in [5, 5.41) is 0. The molecule has 0 atom stereocenters. The smallest absolute Gasteiger partial charge is 0.232 e. The average Bonchev–Trinajstić information content (AvgIpc) is 3.22. The molecule has 34 heavy (non-hydrogen) atoms. The SMILES string of the molecule is Cc1cc2c(c3c1C(=O)/C(=C/c1ccc(-c4ccccc4)cc1)O3)CN(C1CCCCC1)CO2. The third kappa shape index (κ3) is 3.82. The van der Waals surface area contributed by atoms with Crippen molar-refractivity contribution >= 4 is 11.9 Å². The van der Waals surface area contributed by atoms with Crippen LogP contribution in [0.2, 0.25) is 0 Å². The lowest BCUT2D eigenvalue weighted by atomic mass is 9.93. The minimum Gasteiger partial charge on any atom is -0.478 e. The number of carbonyl (C=O) groups is 1. The van der Waals surface area contributed by atoms with Crippen LogP contribution in [0, 0.1) is 6.92 Å². The normalized spacial score (nSPS) is 19.4. The van der Waals surface area contributed by atoms with Crippen molar-refractivity contribution in [3.05, 3.63) is 88.7 Å². The minimum absolute atomic E-state index is 0.0442. The summed E-state index contributed by atoms with van der Waals surface area (Å²) in [6, 6.07) is 21.1. The molecule has 3 aromatic rings. The Labute approximate surface area is 200 Å². The Morgan fingerprint density at radius 2 is 1.68 bits per heavy atom. The highest BCUT2D eigenvalue weighted by Gasteiger charge is 2.36. The maximum atomic E-state index is 13.3. The van der Waals surface area contributed by atoms with Crippen LogP contribution in [0.4, 0.5) is 0 Å². The van der Waals surface area contributed by atoms with Gasteiger partial charge in [-0.25, -0.2) is 0 Å². The number of allylic oxidation sites excluding steroid dienone is 1. The molecule has 0 amide bonds. The molecule has 1 fully saturated rings. The lowest BCUT2D eigenvalue weighted by Gasteiger charge is -2.37. The Bertz CT molecular complexity index is 1250. The quantitative estimate of drug-likeness (QED) is 0.412. The van der Waals surface area contributed by atoms with Crippen LogP contribution in [0.3, 0.4) is 0 Å².